The van der Waals surface area contributed by atoms with Gasteiger partial charge in [0.25, 0.3) is 11.8 Å². The molecule has 0 aliphatic rings. The Labute approximate surface area is 136 Å². The first-order valence-corrected chi connectivity index (χ1v) is 7.88. The maximum Gasteiger partial charge on any atom is 0.251 e. The molecule has 4 nitrogen and oxygen atoms in total. The third kappa shape index (κ3) is 4.68. The van der Waals surface area contributed by atoms with Gasteiger partial charge in [0.15, 0.2) is 0 Å². The summed E-state index contributed by atoms with van der Waals surface area (Å²) in [6, 6.07) is 15.2. The van der Waals surface area contributed by atoms with E-state index in [1.165, 1.54) is 0 Å². The molecule has 2 amide bonds. The normalized spacial score (nSPS) is 10.2. The Hall–Kier alpha value is -2.62. The van der Waals surface area contributed by atoms with Crippen LogP contribution in [0.15, 0.2) is 48.5 Å². The first-order chi connectivity index (χ1) is 11.1. The van der Waals surface area contributed by atoms with E-state index in [0.717, 1.165) is 17.5 Å². The monoisotopic (exact) mass is 310 g/mol. The molecular formula is C19H22N2O2. The summed E-state index contributed by atoms with van der Waals surface area (Å²) in [5.74, 6) is -0.101. The second kappa shape index (κ2) is 8.13. The standard InChI is InChI=1S/C19H22N2O2/c1-3-20-18(22)16-9-5-14(6-10-16)13-15-7-11-17(12-8-15)19(23)21-4-2/h5-12H,3-4,13H2,1-2H3,(H,20,22)(H,21,23). The molecule has 0 saturated carbocycles. The molecule has 0 unspecified atom stereocenters. The summed E-state index contributed by atoms with van der Waals surface area (Å²) in [6.07, 6.45) is 0.769. The van der Waals surface area contributed by atoms with Gasteiger partial charge in [0.2, 0.25) is 0 Å². The van der Waals surface area contributed by atoms with E-state index in [1.54, 1.807) is 0 Å². The zero-order valence-corrected chi connectivity index (χ0v) is 13.6. The molecular weight excluding hydrogens is 288 g/mol. The van der Waals surface area contributed by atoms with Crippen molar-refractivity contribution in [1.82, 2.24) is 10.6 Å². The predicted octanol–water partition coefficient (Wildman–Crippen LogP) is 2.78. The average molecular weight is 310 g/mol. The lowest BCUT2D eigenvalue weighted by molar-refractivity contribution is 0.0947. The molecule has 0 bridgehead atoms. The zero-order chi connectivity index (χ0) is 16.7. The van der Waals surface area contributed by atoms with Gasteiger partial charge in [-0.1, -0.05) is 24.3 Å². The first kappa shape index (κ1) is 16.7. The van der Waals surface area contributed by atoms with Crippen LogP contribution in [0.4, 0.5) is 0 Å². The lowest BCUT2D eigenvalue weighted by Gasteiger charge is -2.06. The van der Waals surface area contributed by atoms with Crippen molar-refractivity contribution in [3.63, 3.8) is 0 Å². The smallest absolute Gasteiger partial charge is 0.251 e. The van der Waals surface area contributed by atoms with Crippen LogP contribution < -0.4 is 10.6 Å². The minimum atomic E-state index is -0.0506. The Morgan fingerprint density at radius 2 is 1.04 bits per heavy atom. The van der Waals surface area contributed by atoms with Crippen LogP contribution in [0, 0.1) is 0 Å². The number of amides is 2. The molecule has 0 fully saturated rings. The van der Waals surface area contributed by atoms with Gasteiger partial charge in [-0.3, -0.25) is 9.59 Å². The second-order valence-electron chi connectivity index (χ2n) is 5.29. The van der Waals surface area contributed by atoms with E-state index in [4.69, 9.17) is 0 Å². The molecule has 0 aliphatic carbocycles. The Balaban J connectivity index is 2.02. The van der Waals surface area contributed by atoms with Gasteiger partial charge in [0.05, 0.1) is 0 Å². The maximum atomic E-state index is 11.7. The fraction of sp³-hybridized carbons (Fsp3) is 0.263. The maximum absolute atomic E-state index is 11.7. The van der Waals surface area contributed by atoms with Gasteiger partial charge < -0.3 is 10.6 Å². The molecule has 0 aliphatic heterocycles. The van der Waals surface area contributed by atoms with Crippen LogP contribution in [0.5, 0.6) is 0 Å². The second-order valence-corrected chi connectivity index (χ2v) is 5.29. The third-order valence-corrected chi connectivity index (χ3v) is 3.52. The van der Waals surface area contributed by atoms with Crippen molar-refractivity contribution in [2.45, 2.75) is 20.3 Å². The van der Waals surface area contributed by atoms with Gasteiger partial charge in [-0.25, -0.2) is 0 Å². The van der Waals surface area contributed by atoms with Crippen LogP contribution in [0.25, 0.3) is 0 Å². The van der Waals surface area contributed by atoms with Crippen LogP contribution in [-0.4, -0.2) is 24.9 Å². The van der Waals surface area contributed by atoms with Crippen molar-refractivity contribution in [3.05, 3.63) is 70.8 Å². The number of benzene rings is 2. The van der Waals surface area contributed by atoms with Crippen molar-refractivity contribution in [2.75, 3.05) is 13.1 Å². The number of carbonyl (C=O) groups is 2. The van der Waals surface area contributed by atoms with Gasteiger partial charge in [-0.05, 0) is 55.7 Å². The van der Waals surface area contributed by atoms with E-state index in [9.17, 15) is 9.59 Å². The Bertz CT molecular complexity index is 601. The van der Waals surface area contributed by atoms with Crippen LogP contribution in [0.3, 0.4) is 0 Å². The van der Waals surface area contributed by atoms with Crippen molar-refractivity contribution in [2.24, 2.45) is 0 Å². The molecule has 2 aromatic carbocycles. The molecule has 4 heteroatoms. The summed E-state index contributed by atoms with van der Waals surface area (Å²) in [6.45, 7) is 5.05. The topological polar surface area (TPSA) is 58.2 Å². The Kier molecular flexibility index (Phi) is 5.92. The predicted molar refractivity (Wildman–Crippen MR) is 91.7 cm³/mol. The molecule has 2 aromatic rings. The van der Waals surface area contributed by atoms with E-state index in [2.05, 4.69) is 10.6 Å². The lowest BCUT2D eigenvalue weighted by atomic mass is 10.0. The van der Waals surface area contributed by atoms with Crippen molar-refractivity contribution in [1.29, 1.82) is 0 Å². The van der Waals surface area contributed by atoms with Crippen molar-refractivity contribution < 1.29 is 9.59 Å². The van der Waals surface area contributed by atoms with Crippen LogP contribution in [-0.2, 0) is 6.42 Å². The van der Waals surface area contributed by atoms with Gasteiger partial charge in [0.1, 0.15) is 0 Å². The van der Waals surface area contributed by atoms with Crippen LogP contribution >= 0.6 is 0 Å². The van der Waals surface area contributed by atoms with Gasteiger partial charge in [-0.15, -0.1) is 0 Å². The Morgan fingerprint density at radius 3 is 1.35 bits per heavy atom. The number of hydrogen-bond acceptors (Lipinski definition) is 2. The fourth-order valence-electron chi connectivity index (χ4n) is 2.31. The molecule has 0 heterocycles. The number of hydrogen-bond donors (Lipinski definition) is 2. The molecule has 0 aromatic heterocycles. The average Bonchev–Trinajstić information content (AvgIpc) is 2.56. The summed E-state index contributed by atoms with van der Waals surface area (Å²) < 4.78 is 0. The molecule has 0 spiro atoms. The summed E-state index contributed by atoms with van der Waals surface area (Å²) in [5, 5.41) is 5.56. The van der Waals surface area contributed by atoms with Crippen LogP contribution in [0.1, 0.15) is 45.7 Å². The summed E-state index contributed by atoms with van der Waals surface area (Å²) >= 11 is 0. The van der Waals surface area contributed by atoms with Crippen molar-refractivity contribution in [3.8, 4) is 0 Å². The minimum Gasteiger partial charge on any atom is -0.352 e. The zero-order valence-electron chi connectivity index (χ0n) is 13.6. The highest BCUT2D eigenvalue weighted by Gasteiger charge is 2.06. The van der Waals surface area contributed by atoms with Crippen LogP contribution in [0.2, 0.25) is 0 Å². The molecule has 23 heavy (non-hydrogen) atoms. The number of nitrogens with one attached hydrogen (secondary N) is 2. The summed E-state index contributed by atoms with van der Waals surface area (Å²) in [5.41, 5.74) is 3.59. The largest absolute Gasteiger partial charge is 0.352 e. The molecule has 120 valence electrons. The molecule has 0 saturated heterocycles. The highest BCUT2D eigenvalue weighted by molar-refractivity contribution is 5.94. The minimum absolute atomic E-state index is 0.0506. The fourth-order valence-corrected chi connectivity index (χ4v) is 2.31. The van der Waals surface area contributed by atoms with E-state index in [0.29, 0.717) is 24.2 Å². The molecule has 2 N–H and O–H groups in total. The summed E-state index contributed by atoms with van der Waals surface area (Å²) in [4.78, 5) is 23.4. The first-order valence-electron chi connectivity index (χ1n) is 7.88. The number of rotatable bonds is 6. The molecule has 2 rings (SSSR count). The molecule has 0 atom stereocenters. The van der Waals surface area contributed by atoms with E-state index >= 15 is 0 Å². The van der Waals surface area contributed by atoms with E-state index in [1.807, 2.05) is 62.4 Å². The van der Waals surface area contributed by atoms with Gasteiger partial charge in [0, 0.05) is 24.2 Å². The van der Waals surface area contributed by atoms with Gasteiger partial charge >= 0.3 is 0 Å². The SMILES string of the molecule is CCNC(=O)c1ccc(Cc2ccc(C(=O)NCC)cc2)cc1. The number of carbonyl (C=O) groups excluding carboxylic acids is 2. The molecule has 0 radical (unpaired) electrons. The van der Waals surface area contributed by atoms with Gasteiger partial charge in [-0.2, -0.15) is 0 Å². The third-order valence-electron chi connectivity index (χ3n) is 3.52. The summed E-state index contributed by atoms with van der Waals surface area (Å²) in [7, 11) is 0. The Morgan fingerprint density at radius 1 is 0.696 bits per heavy atom. The quantitative estimate of drug-likeness (QED) is 0.862. The highest BCUT2D eigenvalue weighted by Crippen LogP contribution is 2.12. The van der Waals surface area contributed by atoms with Crippen molar-refractivity contribution >= 4 is 11.8 Å². The lowest BCUT2D eigenvalue weighted by Crippen LogP contribution is -2.22. The van der Waals surface area contributed by atoms with E-state index < -0.39 is 0 Å². The highest BCUT2D eigenvalue weighted by atomic mass is 16.2. The van der Waals surface area contributed by atoms with E-state index in [-0.39, 0.29) is 11.8 Å².